The first-order chi connectivity index (χ1) is 15.8. The van der Waals surface area contributed by atoms with Gasteiger partial charge in [-0.05, 0) is 42.0 Å². The molecule has 0 unspecified atom stereocenters. The number of nitrogens with one attached hydrogen (secondary N) is 2. The highest BCUT2D eigenvalue weighted by Crippen LogP contribution is 2.36. The van der Waals surface area contributed by atoms with Crippen molar-refractivity contribution in [3.8, 4) is 22.4 Å². The highest BCUT2D eigenvalue weighted by Gasteiger charge is 2.27. The first-order valence-corrected chi connectivity index (χ1v) is 9.32. The lowest BCUT2D eigenvalue weighted by Gasteiger charge is -2.10. The van der Waals surface area contributed by atoms with Gasteiger partial charge in [0.1, 0.15) is 5.82 Å². The zero-order valence-corrected chi connectivity index (χ0v) is 16.4. The monoisotopic (exact) mass is 462 g/mol. The molecule has 0 aliphatic rings. The van der Waals surface area contributed by atoms with Gasteiger partial charge >= 0.3 is 0 Å². The van der Waals surface area contributed by atoms with E-state index in [1.807, 2.05) is 0 Å². The fourth-order valence-corrected chi connectivity index (χ4v) is 3.20. The molecule has 4 rings (SSSR count). The number of amides is 1. The molecule has 4 aromatic rings. The van der Waals surface area contributed by atoms with E-state index in [0.717, 1.165) is 0 Å². The number of nitrogens with zero attached hydrogens (tertiary/aromatic N) is 2. The average Bonchev–Trinajstić information content (AvgIpc) is 3.23. The Bertz CT molecular complexity index is 1310. The van der Waals surface area contributed by atoms with Crippen molar-refractivity contribution >= 4 is 11.7 Å². The molecular weight excluding hydrogens is 450 g/mol. The number of halogens is 6. The summed E-state index contributed by atoms with van der Waals surface area (Å²) in [6.07, 6.45) is 1.80. The molecule has 0 saturated heterocycles. The summed E-state index contributed by atoms with van der Waals surface area (Å²) in [5.41, 5.74) is 0.492. The molecule has 0 radical (unpaired) electrons. The van der Waals surface area contributed by atoms with Crippen molar-refractivity contribution in [1.29, 1.82) is 0 Å². The zero-order valence-electron chi connectivity index (χ0n) is 16.4. The predicted octanol–water partition coefficient (Wildman–Crippen LogP) is 5.15. The van der Waals surface area contributed by atoms with E-state index in [0.29, 0.717) is 22.4 Å². The number of aromatic nitrogens is 3. The second-order valence-corrected chi connectivity index (χ2v) is 6.84. The Morgan fingerprint density at radius 1 is 0.788 bits per heavy atom. The van der Waals surface area contributed by atoms with Crippen molar-refractivity contribution in [3.05, 3.63) is 89.3 Å². The second-order valence-electron chi connectivity index (χ2n) is 6.84. The molecule has 2 N–H and O–H groups in total. The lowest BCUT2D eigenvalue weighted by atomic mass is 10.0. The molecule has 2 aromatic heterocycles. The van der Waals surface area contributed by atoms with Crippen LogP contribution in [0.3, 0.4) is 0 Å². The number of pyridine rings is 1. The SMILES string of the molecule is O=C(Cc1c(F)c(F)c(F)c(F)c1F)Nc1n[nH]c(-c2ccc(F)cc2)c1-c1ccncc1. The van der Waals surface area contributed by atoms with Crippen LogP contribution in [0.5, 0.6) is 0 Å². The molecule has 0 aliphatic heterocycles. The number of benzene rings is 2. The smallest absolute Gasteiger partial charge is 0.230 e. The van der Waals surface area contributed by atoms with Crippen molar-refractivity contribution in [2.45, 2.75) is 6.42 Å². The zero-order chi connectivity index (χ0) is 23.7. The van der Waals surface area contributed by atoms with E-state index in [2.05, 4.69) is 20.5 Å². The highest BCUT2D eigenvalue weighted by atomic mass is 19.2. The minimum absolute atomic E-state index is 0.0746. The topological polar surface area (TPSA) is 70.7 Å². The molecule has 11 heteroatoms. The van der Waals surface area contributed by atoms with Gasteiger partial charge < -0.3 is 5.32 Å². The summed E-state index contributed by atoms with van der Waals surface area (Å²) >= 11 is 0. The molecule has 0 bridgehead atoms. The summed E-state index contributed by atoms with van der Waals surface area (Å²) < 4.78 is 81.3. The Kier molecular flexibility index (Phi) is 5.86. The van der Waals surface area contributed by atoms with Crippen molar-refractivity contribution in [2.75, 3.05) is 5.32 Å². The molecule has 1 amide bonds. The van der Waals surface area contributed by atoms with Crippen molar-refractivity contribution in [1.82, 2.24) is 15.2 Å². The standard InChI is InChI=1S/C22H12F6N4O/c23-12-3-1-11(2-4-12)21-15(10-5-7-29-8-6-10)22(32-31-21)30-14(33)9-13-16(24)18(26)20(28)19(27)17(13)25/h1-8H,9H2,(H2,30,31,32,33). The third-order valence-corrected chi connectivity index (χ3v) is 4.76. The average molecular weight is 462 g/mol. The van der Waals surface area contributed by atoms with Crippen LogP contribution in [-0.4, -0.2) is 21.1 Å². The van der Waals surface area contributed by atoms with E-state index in [9.17, 15) is 31.1 Å². The second kappa shape index (κ2) is 8.77. The Hall–Kier alpha value is -4.15. The fourth-order valence-electron chi connectivity index (χ4n) is 3.20. The molecule has 0 aliphatic carbocycles. The maximum atomic E-state index is 13.9. The summed E-state index contributed by atoms with van der Waals surface area (Å²) in [7, 11) is 0. The van der Waals surface area contributed by atoms with Crippen molar-refractivity contribution in [2.24, 2.45) is 0 Å². The third kappa shape index (κ3) is 4.16. The first kappa shape index (κ1) is 22.1. The predicted molar refractivity (Wildman–Crippen MR) is 106 cm³/mol. The van der Waals surface area contributed by atoms with E-state index in [1.54, 1.807) is 12.1 Å². The minimum atomic E-state index is -2.31. The van der Waals surface area contributed by atoms with Crippen LogP contribution in [0.1, 0.15) is 5.56 Å². The number of aromatic amines is 1. The van der Waals surface area contributed by atoms with Gasteiger partial charge in [-0.3, -0.25) is 14.9 Å². The number of hydrogen-bond acceptors (Lipinski definition) is 3. The van der Waals surface area contributed by atoms with Gasteiger partial charge in [0, 0.05) is 23.5 Å². The Morgan fingerprint density at radius 3 is 1.97 bits per heavy atom. The van der Waals surface area contributed by atoms with Gasteiger partial charge in [-0.2, -0.15) is 5.10 Å². The quantitative estimate of drug-likeness (QED) is 0.245. The van der Waals surface area contributed by atoms with Crippen LogP contribution in [0.4, 0.5) is 32.2 Å². The maximum absolute atomic E-state index is 13.9. The molecule has 2 aromatic carbocycles. The van der Waals surface area contributed by atoms with E-state index in [-0.39, 0.29) is 5.82 Å². The first-order valence-electron chi connectivity index (χ1n) is 9.32. The van der Waals surface area contributed by atoms with Gasteiger partial charge in [0.2, 0.25) is 11.7 Å². The van der Waals surface area contributed by atoms with Gasteiger partial charge in [-0.25, -0.2) is 26.3 Å². The van der Waals surface area contributed by atoms with Crippen LogP contribution in [0.2, 0.25) is 0 Å². The van der Waals surface area contributed by atoms with Crippen LogP contribution in [0.15, 0.2) is 48.8 Å². The number of anilines is 1. The Balaban J connectivity index is 1.71. The van der Waals surface area contributed by atoms with Crippen molar-refractivity contribution < 1.29 is 31.1 Å². The lowest BCUT2D eigenvalue weighted by Crippen LogP contribution is -2.19. The fraction of sp³-hybridized carbons (Fsp3) is 0.0455. The van der Waals surface area contributed by atoms with Crippen LogP contribution >= 0.6 is 0 Å². The van der Waals surface area contributed by atoms with Crippen LogP contribution in [0, 0.1) is 34.9 Å². The van der Waals surface area contributed by atoms with Crippen LogP contribution < -0.4 is 5.32 Å². The van der Waals surface area contributed by atoms with Gasteiger partial charge in [0.25, 0.3) is 0 Å². The summed E-state index contributed by atoms with van der Waals surface area (Å²) in [6.45, 7) is 0. The third-order valence-electron chi connectivity index (χ3n) is 4.76. The molecule has 5 nitrogen and oxygen atoms in total. The summed E-state index contributed by atoms with van der Waals surface area (Å²) in [5.74, 6) is -12.4. The molecule has 0 saturated carbocycles. The Labute approximate surface area is 182 Å². The number of carbonyl (C=O) groups excluding carboxylic acids is 1. The molecular formula is C22H12F6N4O. The van der Waals surface area contributed by atoms with Crippen LogP contribution in [0.25, 0.3) is 22.4 Å². The van der Waals surface area contributed by atoms with E-state index < -0.39 is 52.8 Å². The van der Waals surface area contributed by atoms with Gasteiger partial charge in [-0.15, -0.1) is 0 Å². The molecule has 33 heavy (non-hydrogen) atoms. The van der Waals surface area contributed by atoms with Gasteiger partial charge in [-0.1, -0.05) is 0 Å². The summed E-state index contributed by atoms with van der Waals surface area (Å²) in [5, 5.41) is 9.02. The molecule has 0 fully saturated rings. The summed E-state index contributed by atoms with van der Waals surface area (Å²) in [6, 6.07) is 8.55. The normalized spacial score (nSPS) is 11.0. The highest BCUT2D eigenvalue weighted by molar-refractivity contribution is 5.98. The van der Waals surface area contributed by atoms with Gasteiger partial charge in [0.15, 0.2) is 29.1 Å². The summed E-state index contributed by atoms with van der Waals surface area (Å²) in [4.78, 5) is 16.4. The van der Waals surface area contributed by atoms with E-state index >= 15 is 0 Å². The van der Waals surface area contributed by atoms with E-state index in [1.165, 1.54) is 36.7 Å². The number of H-pyrrole nitrogens is 1. The van der Waals surface area contributed by atoms with Gasteiger partial charge in [0.05, 0.1) is 17.7 Å². The van der Waals surface area contributed by atoms with Crippen molar-refractivity contribution in [3.63, 3.8) is 0 Å². The number of hydrogen-bond donors (Lipinski definition) is 2. The Morgan fingerprint density at radius 2 is 1.36 bits per heavy atom. The molecule has 0 spiro atoms. The molecule has 2 heterocycles. The largest absolute Gasteiger partial charge is 0.308 e. The van der Waals surface area contributed by atoms with E-state index in [4.69, 9.17) is 0 Å². The molecule has 0 atom stereocenters. The van der Waals surface area contributed by atoms with Crippen LogP contribution in [-0.2, 0) is 11.2 Å². The number of carbonyl (C=O) groups is 1. The number of rotatable bonds is 5. The lowest BCUT2D eigenvalue weighted by molar-refractivity contribution is -0.115. The maximum Gasteiger partial charge on any atom is 0.230 e. The minimum Gasteiger partial charge on any atom is -0.308 e. The molecule has 168 valence electrons.